The molecule has 0 bridgehead atoms. The van der Waals surface area contributed by atoms with Crippen molar-refractivity contribution in [3.05, 3.63) is 41.2 Å². The first-order valence-electron chi connectivity index (χ1n) is 8.10. The number of aliphatic carboxylic acids is 1. The van der Waals surface area contributed by atoms with Crippen LogP contribution in [0.5, 0.6) is 0 Å². The zero-order valence-electron chi connectivity index (χ0n) is 14.2. The maximum absolute atomic E-state index is 13.3. The van der Waals surface area contributed by atoms with Crippen LogP contribution in [0.25, 0.3) is 10.6 Å². The van der Waals surface area contributed by atoms with Gasteiger partial charge in [-0.05, 0) is 25.0 Å². The Hall–Kier alpha value is -2.28. The van der Waals surface area contributed by atoms with Crippen molar-refractivity contribution in [2.45, 2.75) is 33.1 Å². The number of amides is 1. The quantitative estimate of drug-likeness (QED) is 0.751. The van der Waals surface area contributed by atoms with E-state index < -0.39 is 11.4 Å². The Bertz CT molecular complexity index is 756. The molecule has 2 aromatic rings. The van der Waals surface area contributed by atoms with Gasteiger partial charge in [0.15, 0.2) is 0 Å². The second-order valence-electron chi connectivity index (χ2n) is 5.90. The fourth-order valence-electron chi connectivity index (χ4n) is 2.52. The topological polar surface area (TPSA) is 79.3 Å². The predicted molar refractivity (Wildman–Crippen MR) is 94.9 cm³/mol. The van der Waals surface area contributed by atoms with Crippen LogP contribution in [0.15, 0.2) is 29.6 Å². The van der Waals surface area contributed by atoms with Crippen LogP contribution in [0.1, 0.15) is 32.4 Å². The van der Waals surface area contributed by atoms with Gasteiger partial charge in [-0.2, -0.15) is 0 Å². The Morgan fingerprint density at radius 3 is 2.64 bits per heavy atom. The van der Waals surface area contributed by atoms with Gasteiger partial charge in [0.25, 0.3) is 0 Å². The smallest absolute Gasteiger partial charge is 0.311 e. The minimum atomic E-state index is -0.940. The summed E-state index contributed by atoms with van der Waals surface area (Å²) in [5, 5.41) is 14.5. The monoisotopic (exact) mass is 364 g/mol. The lowest BCUT2D eigenvalue weighted by molar-refractivity contribution is -0.149. The van der Waals surface area contributed by atoms with E-state index in [-0.39, 0.29) is 24.7 Å². The van der Waals surface area contributed by atoms with Crippen molar-refractivity contribution in [3.8, 4) is 10.6 Å². The number of carbonyl (C=O) groups is 2. The van der Waals surface area contributed by atoms with E-state index in [1.807, 2.05) is 0 Å². The van der Waals surface area contributed by atoms with E-state index in [9.17, 15) is 19.1 Å². The first kappa shape index (κ1) is 19.1. The molecule has 5 nitrogen and oxygen atoms in total. The Labute approximate surface area is 149 Å². The fourth-order valence-corrected chi connectivity index (χ4v) is 3.33. The molecular weight excluding hydrogens is 343 g/mol. The van der Waals surface area contributed by atoms with Crippen molar-refractivity contribution < 1.29 is 19.1 Å². The van der Waals surface area contributed by atoms with Crippen molar-refractivity contribution in [2.24, 2.45) is 5.41 Å². The number of nitrogens with zero attached hydrogens (tertiary/aromatic N) is 1. The van der Waals surface area contributed by atoms with Crippen LogP contribution in [0.3, 0.4) is 0 Å². The van der Waals surface area contributed by atoms with Gasteiger partial charge < -0.3 is 10.4 Å². The highest BCUT2D eigenvalue weighted by atomic mass is 32.1. The van der Waals surface area contributed by atoms with Crippen molar-refractivity contribution >= 4 is 23.2 Å². The van der Waals surface area contributed by atoms with Gasteiger partial charge in [-0.1, -0.05) is 26.0 Å². The number of aromatic nitrogens is 1. The first-order valence-corrected chi connectivity index (χ1v) is 8.98. The summed E-state index contributed by atoms with van der Waals surface area (Å²) in [6.45, 7) is 3.69. The number of hydrogen-bond acceptors (Lipinski definition) is 4. The van der Waals surface area contributed by atoms with E-state index in [0.29, 0.717) is 29.1 Å². The minimum Gasteiger partial charge on any atom is -0.481 e. The third-order valence-corrected chi connectivity index (χ3v) is 5.34. The zero-order valence-corrected chi connectivity index (χ0v) is 15.0. The van der Waals surface area contributed by atoms with Crippen molar-refractivity contribution in [1.29, 1.82) is 0 Å². The minimum absolute atomic E-state index is 0.0644. The van der Waals surface area contributed by atoms with E-state index in [4.69, 9.17) is 0 Å². The van der Waals surface area contributed by atoms with Gasteiger partial charge in [0.1, 0.15) is 10.8 Å². The number of carbonyl (C=O) groups excluding carboxylic acids is 1. The molecule has 134 valence electrons. The van der Waals surface area contributed by atoms with Gasteiger partial charge in [0, 0.05) is 17.5 Å². The van der Waals surface area contributed by atoms with Crippen LogP contribution in [-0.2, 0) is 16.0 Å². The highest BCUT2D eigenvalue weighted by molar-refractivity contribution is 7.13. The van der Waals surface area contributed by atoms with Crippen LogP contribution in [0.2, 0.25) is 0 Å². The van der Waals surface area contributed by atoms with E-state index in [2.05, 4.69) is 10.3 Å². The van der Waals surface area contributed by atoms with Gasteiger partial charge in [-0.15, -0.1) is 11.3 Å². The third-order valence-electron chi connectivity index (χ3n) is 4.40. The number of hydrogen-bond donors (Lipinski definition) is 2. The summed E-state index contributed by atoms with van der Waals surface area (Å²) in [4.78, 5) is 27.9. The lowest BCUT2D eigenvalue weighted by atomic mass is 9.82. The largest absolute Gasteiger partial charge is 0.481 e. The molecule has 0 spiro atoms. The third kappa shape index (κ3) is 4.63. The maximum Gasteiger partial charge on any atom is 0.311 e. The molecule has 0 aliphatic rings. The van der Waals surface area contributed by atoms with E-state index in [1.54, 1.807) is 31.4 Å². The molecule has 0 aliphatic carbocycles. The number of carboxylic acids is 1. The molecule has 2 rings (SSSR count). The molecule has 1 amide bonds. The number of rotatable bonds is 8. The molecule has 0 fully saturated rings. The van der Waals surface area contributed by atoms with E-state index >= 15 is 0 Å². The molecule has 0 aliphatic heterocycles. The lowest BCUT2D eigenvalue weighted by Gasteiger charge is -2.26. The summed E-state index contributed by atoms with van der Waals surface area (Å²) in [5.41, 5.74) is 0.305. The summed E-state index contributed by atoms with van der Waals surface area (Å²) < 4.78 is 13.3. The first-order chi connectivity index (χ1) is 11.9. The van der Waals surface area contributed by atoms with Crippen molar-refractivity contribution in [1.82, 2.24) is 10.3 Å². The summed E-state index contributed by atoms with van der Waals surface area (Å²) in [6, 6.07) is 6.13. The number of thiazole rings is 1. The molecule has 7 heteroatoms. The molecule has 0 radical (unpaired) electrons. The average molecular weight is 364 g/mol. The normalized spacial score (nSPS) is 11.3. The molecule has 1 heterocycles. The van der Waals surface area contributed by atoms with Crippen LogP contribution < -0.4 is 5.32 Å². The molecule has 1 aromatic heterocycles. The maximum atomic E-state index is 13.3. The van der Waals surface area contributed by atoms with Gasteiger partial charge >= 0.3 is 5.97 Å². The Morgan fingerprint density at radius 2 is 2.04 bits per heavy atom. The standard InChI is InChI=1S/C18H21FN2O3S/c1-3-18(4-2,17(23)24)11-20-15(22)9-14-10-25-16(21-14)12-6-5-7-13(19)8-12/h5-8,10H,3-4,9,11H2,1-2H3,(H,20,22)(H,23,24). The van der Waals surface area contributed by atoms with E-state index in [1.165, 1.54) is 23.5 Å². The fraction of sp³-hybridized carbons (Fsp3) is 0.389. The van der Waals surface area contributed by atoms with Crippen molar-refractivity contribution in [2.75, 3.05) is 6.54 Å². The van der Waals surface area contributed by atoms with Crippen LogP contribution in [0, 0.1) is 11.2 Å². The lowest BCUT2D eigenvalue weighted by Crippen LogP contribution is -2.42. The molecule has 0 saturated carbocycles. The van der Waals surface area contributed by atoms with E-state index in [0.717, 1.165) is 0 Å². The Balaban J connectivity index is 1.99. The van der Waals surface area contributed by atoms with Gasteiger partial charge in [-0.3, -0.25) is 9.59 Å². The molecule has 0 unspecified atom stereocenters. The Kier molecular flexibility index (Phi) is 6.25. The molecule has 0 saturated heterocycles. The van der Waals surface area contributed by atoms with Gasteiger partial charge in [-0.25, -0.2) is 9.37 Å². The SMILES string of the molecule is CCC(CC)(CNC(=O)Cc1csc(-c2cccc(F)c2)n1)C(=O)O. The number of nitrogens with one attached hydrogen (secondary N) is 1. The second kappa shape index (κ2) is 8.20. The predicted octanol–water partition coefficient (Wildman–Crippen LogP) is 3.50. The molecule has 1 aromatic carbocycles. The van der Waals surface area contributed by atoms with Crippen LogP contribution in [-0.4, -0.2) is 28.5 Å². The molecule has 2 N–H and O–H groups in total. The number of carboxylic acid groups (broad SMARTS) is 1. The molecule has 0 atom stereocenters. The molecule has 25 heavy (non-hydrogen) atoms. The van der Waals surface area contributed by atoms with Crippen LogP contribution in [0.4, 0.5) is 4.39 Å². The highest BCUT2D eigenvalue weighted by Gasteiger charge is 2.35. The summed E-state index contributed by atoms with van der Waals surface area (Å²) >= 11 is 1.34. The number of benzene rings is 1. The van der Waals surface area contributed by atoms with Crippen molar-refractivity contribution in [3.63, 3.8) is 0 Å². The van der Waals surface area contributed by atoms with Crippen LogP contribution >= 0.6 is 11.3 Å². The summed E-state index contributed by atoms with van der Waals surface area (Å²) in [5.74, 6) is -1.51. The average Bonchev–Trinajstić information content (AvgIpc) is 3.04. The van der Waals surface area contributed by atoms with Gasteiger partial charge in [0.05, 0.1) is 17.5 Å². The van der Waals surface area contributed by atoms with Gasteiger partial charge in [0.2, 0.25) is 5.91 Å². The summed E-state index contributed by atoms with van der Waals surface area (Å²) in [7, 11) is 0. The molecular formula is C18H21FN2O3S. The number of halogens is 1. The summed E-state index contributed by atoms with van der Waals surface area (Å²) in [6.07, 6.45) is 0.952. The zero-order chi connectivity index (χ0) is 18.4. The Morgan fingerprint density at radius 1 is 1.32 bits per heavy atom. The highest BCUT2D eigenvalue weighted by Crippen LogP contribution is 2.26. The second-order valence-corrected chi connectivity index (χ2v) is 6.76.